The van der Waals surface area contributed by atoms with Crippen LogP contribution in [0.25, 0.3) is 11.3 Å². The van der Waals surface area contributed by atoms with Gasteiger partial charge in [-0.05, 0) is 47.4 Å². The zero-order chi connectivity index (χ0) is 20.3. The van der Waals surface area contributed by atoms with Gasteiger partial charge in [0.1, 0.15) is 17.4 Å². The minimum absolute atomic E-state index is 0.0289. The monoisotopic (exact) mass is 374 g/mol. The van der Waals surface area contributed by atoms with Crippen molar-refractivity contribution in [2.45, 2.75) is 26.2 Å². The van der Waals surface area contributed by atoms with Gasteiger partial charge in [-0.3, -0.25) is 9.78 Å². The molecule has 6 nitrogen and oxygen atoms in total. The summed E-state index contributed by atoms with van der Waals surface area (Å²) >= 11 is 0. The van der Waals surface area contributed by atoms with Crippen molar-refractivity contribution in [3.05, 3.63) is 70.0 Å². The summed E-state index contributed by atoms with van der Waals surface area (Å²) in [6.45, 7) is 6.45. The molecule has 0 spiro atoms. The molecule has 2 aromatic carbocycles. The summed E-state index contributed by atoms with van der Waals surface area (Å²) in [6, 6.07) is 16.9. The highest BCUT2D eigenvalue weighted by atomic mass is 16.5. The summed E-state index contributed by atoms with van der Waals surface area (Å²) < 4.78 is 5.16. The molecule has 0 atom stereocenters. The molecule has 0 aliphatic carbocycles. The Hall–Kier alpha value is -3.59. The maximum absolute atomic E-state index is 12.4. The minimum Gasteiger partial charge on any atom is -0.497 e. The van der Waals surface area contributed by atoms with Crippen molar-refractivity contribution in [3.63, 3.8) is 0 Å². The number of aromatic amines is 1. The lowest BCUT2D eigenvalue weighted by molar-refractivity contribution is 0.415. The zero-order valence-electron chi connectivity index (χ0n) is 16.3. The van der Waals surface area contributed by atoms with E-state index in [1.54, 1.807) is 31.4 Å². The predicted molar refractivity (Wildman–Crippen MR) is 110 cm³/mol. The summed E-state index contributed by atoms with van der Waals surface area (Å²) in [4.78, 5) is 19.5. The number of nitrogens with zero attached hydrogens (tertiary/aromatic N) is 2. The van der Waals surface area contributed by atoms with Crippen LogP contribution in [0.2, 0.25) is 0 Å². The molecule has 3 rings (SSSR count). The van der Waals surface area contributed by atoms with E-state index in [0.717, 1.165) is 5.69 Å². The number of anilines is 2. The highest BCUT2D eigenvalue weighted by Gasteiger charge is 2.15. The van der Waals surface area contributed by atoms with Crippen molar-refractivity contribution in [2.24, 2.45) is 0 Å². The number of H-pyrrole nitrogens is 1. The van der Waals surface area contributed by atoms with Crippen LogP contribution >= 0.6 is 0 Å². The van der Waals surface area contributed by atoms with E-state index in [4.69, 9.17) is 4.74 Å². The molecule has 0 amide bonds. The van der Waals surface area contributed by atoms with E-state index in [1.165, 1.54) is 5.56 Å². The van der Waals surface area contributed by atoms with Gasteiger partial charge in [0.25, 0.3) is 5.56 Å². The van der Waals surface area contributed by atoms with Crippen LogP contribution in [0.1, 0.15) is 31.9 Å². The van der Waals surface area contributed by atoms with Gasteiger partial charge in [-0.1, -0.05) is 32.9 Å². The largest absolute Gasteiger partial charge is 0.497 e. The quantitative estimate of drug-likeness (QED) is 0.708. The first-order valence-corrected chi connectivity index (χ1v) is 8.88. The van der Waals surface area contributed by atoms with Crippen molar-refractivity contribution in [1.82, 2.24) is 9.97 Å². The Kier molecular flexibility index (Phi) is 5.18. The summed E-state index contributed by atoms with van der Waals surface area (Å²) in [5, 5.41) is 12.5. The van der Waals surface area contributed by atoms with Gasteiger partial charge in [-0.15, -0.1) is 0 Å². The van der Waals surface area contributed by atoms with Gasteiger partial charge in [-0.25, -0.2) is 4.98 Å². The number of hydrogen-bond acceptors (Lipinski definition) is 5. The van der Waals surface area contributed by atoms with Crippen molar-refractivity contribution in [3.8, 4) is 23.1 Å². The summed E-state index contributed by atoms with van der Waals surface area (Å²) in [5.41, 5.74) is 2.52. The molecule has 0 unspecified atom stereocenters. The number of aromatic nitrogens is 2. The van der Waals surface area contributed by atoms with Crippen LogP contribution in [0, 0.1) is 11.3 Å². The van der Waals surface area contributed by atoms with E-state index >= 15 is 0 Å². The van der Waals surface area contributed by atoms with E-state index < -0.39 is 5.56 Å². The van der Waals surface area contributed by atoms with Gasteiger partial charge in [0.05, 0.1) is 12.8 Å². The molecule has 28 heavy (non-hydrogen) atoms. The standard InChI is InChI=1S/C22H22N4O2/c1-22(2,3)15-7-9-16(10-8-15)24-21-25-19(18(13-23)20(27)26-21)14-5-11-17(28-4)12-6-14/h5-12H,1-4H3,(H2,24,25,26,27). The maximum Gasteiger partial charge on any atom is 0.270 e. The number of methoxy groups -OCH3 is 1. The molecular weight excluding hydrogens is 352 g/mol. The molecule has 1 heterocycles. The summed E-state index contributed by atoms with van der Waals surface area (Å²) in [5.74, 6) is 0.961. The number of nitriles is 1. The summed E-state index contributed by atoms with van der Waals surface area (Å²) in [7, 11) is 1.58. The lowest BCUT2D eigenvalue weighted by Gasteiger charge is -2.19. The molecule has 142 valence electrons. The fourth-order valence-corrected chi connectivity index (χ4v) is 2.78. The molecule has 2 N–H and O–H groups in total. The van der Waals surface area contributed by atoms with E-state index in [0.29, 0.717) is 17.0 Å². The molecule has 0 radical (unpaired) electrons. The number of ether oxygens (including phenoxy) is 1. The van der Waals surface area contributed by atoms with Crippen molar-refractivity contribution in [2.75, 3.05) is 12.4 Å². The van der Waals surface area contributed by atoms with Gasteiger partial charge in [0, 0.05) is 11.3 Å². The lowest BCUT2D eigenvalue weighted by atomic mass is 9.87. The highest BCUT2D eigenvalue weighted by Crippen LogP contribution is 2.26. The second-order valence-electron chi connectivity index (χ2n) is 7.43. The Balaban J connectivity index is 1.97. The zero-order valence-corrected chi connectivity index (χ0v) is 16.3. The second kappa shape index (κ2) is 7.57. The first-order chi connectivity index (χ1) is 13.3. The highest BCUT2D eigenvalue weighted by molar-refractivity contribution is 5.68. The van der Waals surface area contributed by atoms with Crippen LogP contribution in [0.4, 0.5) is 11.6 Å². The van der Waals surface area contributed by atoms with Crippen LogP contribution in [0.5, 0.6) is 5.75 Å². The van der Waals surface area contributed by atoms with Crippen molar-refractivity contribution < 1.29 is 4.74 Å². The summed E-state index contributed by atoms with van der Waals surface area (Å²) in [6.07, 6.45) is 0. The number of benzene rings is 2. The Morgan fingerprint density at radius 1 is 1.07 bits per heavy atom. The molecule has 0 saturated heterocycles. The SMILES string of the molecule is COc1ccc(-c2nc(Nc3ccc(C(C)(C)C)cc3)[nH]c(=O)c2C#N)cc1. The normalized spacial score (nSPS) is 11.0. The van der Waals surface area contributed by atoms with Crippen LogP contribution < -0.4 is 15.6 Å². The number of hydrogen-bond donors (Lipinski definition) is 2. The van der Waals surface area contributed by atoms with Crippen molar-refractivity contribution >= 4 is 11.6 Å². The van der Waals surface area contributed by atoms with E-state index in [2.05, 4.69) is 36.1 Å². The van der Waals surface area contributed by atoms with Crippen LogP contribution in [-0.2, 0) is 5.41 Å². The Morgan fingerprint density at radius 2 is 1.71 bits per heavy atom. The lowest BCUT2D eigenvalue weighted by Crippen LogP contribution is -2.16. The first kappa shape index (κ1) is 19.2. The fourth-order valence-electron chi connectivity index (χ4n) is 2.78. The second-order valence-corrected chi connectivity index (χ2v) is 7.43. The van der Waals surface area contributed by atoms with E-state index in [9.17, 15) is 10.1 Å². The molecule has 0 aliphatic rings. The van der Waals surface area contributed by atoms with Gasteiger partial charge < -0.3 is 10.1 Å². The third-order valence-electron chi connectivity index (χ3n) is 4.41. The average Bonchev–Trinajstić information content (AvgIpc) is 2.67. The Morgan fingerprint density at radius 3 is 2.25 bits per heavy atom. The molecule has 0 bridgehead atoms. The maximum atomic E-state index is 12.4. The smallest absolute Gasteiger partial charge is 0.270 e. The van der Waals surface area contributed by atoms with Crippen LogP contribution in [0.3, 0.4) is 0 Å². The molecule has 0 saturated carbocycles. The average molecular weight is 374 g/mol. The molecule has 1 aromatic heterocycles. The minimum atomic E-state index is -0.489. The van der Waals surface area contributed by atoms with Gasteiger partial charge in [0.15, 0.2) is 0 Å². The molecule has 0 fully saturated rings. The predicted octanol–water partition coefficient (Wildman–Crippen LogP) is 4.36. The van der Waals surface area contributed by atoms with Gasteiger partial charge in [0.2, 0.25) is 5.95 Å². The Labute approximate surface area is 163 Å². The van der Waals surface area contributed by atoms with Crippen LogP contribution in [-0.4, -0.2) is 17.1 Å². The van der Waals surface area contributed by atoms with Gasteiger partial charge in [-0.2, -0.15) is 5.26 Å². The number of rotatable bonds is 4. The first-order valence-electron chi connectivity index (χ1n) is 8.88. The fraction of sp³-hybridized carbons (Fsp3) is 0.227. The van der Waals surface area contributed by atoms with E-state index in [-0.39, 0.29) is 16.9 Å². The van der Waals surface area contributed by atoms with Crippen molar-refractivity contribution in [1.29, 1.82) is 5.26 Å². The third-order valence-corrected chi connectivity index (χ3v) is 4.41. The van der Waals surface area contributed by atoms with Crippen LogP contribution in [0.15, 0.2) is 53.3 Å². The third kappa shape index (κ3) is 4.04. The van der Waals surface area contributed by atoms with Gasteiger partial charge >= 0.3 is 0 Å². The van der Waals surface area contributed by atoms with E-state index in [1.807, 2.05) is 30.3 Å². The number of nitrogens with one attached hydrogen (secondary N) is 2. The topological polar surface area (TPSA) is 90.8 Å². The molecular formula is C22H22N4O2. The molecule has 0 aliphatic heterocycles. The molecule has 6 heteroatoms. The molecule has 3 aromatic rings. The Bertz CT molecular complexity index is 1070.